The number of hydrogen-bond donors (Lipinski definition) is 4. The minimum atomic E-state index is -0.632. The number of amides is 3. The molecule has 0 radical (unpaired) electrons. The standard InChI is InChI=1S/C12H18N4O2/c1-14-7-3-6-11(17)15-9-4-2-5-10(8-9)16-12(13)18/h2,4-5,8,14H,3,6-7H2,1H3,(H,15,17)(H3,13,16,18). The van der Waals surface area contributed by atoms with Crippen molar-refractivity contribution < 1.29 is 9.59 Å². The molecule has 0 fully saturated rings. The van der Waals surface area contributed by atoms with Gasteiger partial charge in [0.05, 0.1) is 0 Å². The topological polar surface area (TPSA) is 96.2 Å². The molecule has 0 heterocycles. The molecule has 1 aromatic rings. The van der Waals surface area contributed by atoms with Gasteiger partial charge < -0.3 is 21.7 Å². The zero-order valence-electron chi connectivity index (χ0n) is 10.3. The van der Waals surface area contributed by atoms with Crippen molar-refractivity contribution in [3.8, 4) is 0 Å². The number of nitrogens with two attached hydrogens (primary N) is 1. The molecule has 5 N–H and O–H groups in total. The fourth-order valence-electron chi connectivity index (χ4n) is 1.47. The summed E-state index contributed by atoms with van der Waals surface area (Å²) >= 11 is 0. The van der Waals surface area contributed by atoms with Crippen molar-refractivity contribution in [2.24, 2.45) is 5.73 Å². The SMILES string of the molecule is CNCCCC(=O)Nc1cccc(NC(N)=O)c1. The molecule has 98 valence electrons. The highest BCUT2D eigenvalue weighted by atomic mass is 16.2. The highest BCUT2D eigenvalue weighted by Gasteiger charge is 2.03. The summed E-state index contributed by atoms with van der Waals surface area (Å²) in [5.74, 6) is -0.0542. The van der Waals surface area contributed by atoms with E-state index in [1.165, 1.54) is 0 Å². The summed E-state index contributed by atoms with van der Waals surface area (Å²) in [5, 5.41) is 8.18. The molecule has 1 rings (SSSR count). The second-order valence-electron chi connectivity index (χ2n) is 3.83. The van der Waals surface area contributed by atoms with E-state index in [0.29, 0.717) is 17.8 Å². The molecule has 0 atom stereocenters. The molecule has 0 aliphatic carbocycles. The molecule has 0 unspecified atom stereocenters. The first kappa shape index (κ1) is 14.0. The van der Waals surface area contributed by atoms with Crippen LogP contribution in [0.2, 0.25) is 0 Å². The molecular formula is C12H18N4O2. The van der Waals surface area contributed by atoms with Gasteiger partial charge in [-0.3, -0.25) is 4.79 Å². The lowest BCUT2D eigenvalue weighted by atomic mass is 10.2. The number of carbonyl (C=O) groups excluding carboxylic acids is 2. The fraction of sp³-hybridized carbons (Fsp3) is 0.333. The van der Waals surface area contributed by atoms with Crippen LogP contribution >= 0.6 is 0 Å². The first-order chi connectivity index (χ1) is 8.61. The zero-order chi connectivity index (χ0) is 13.4. The highest BCUT2D eigenvalue weighted by Crippen LogP contribution is 2.15. The third-order valence-corrected chi connectivity index (χ3v) is 2.24. The Labute approximate surface area is 106 Å². The third-order valence-electron chi connectivity index (χ3n) is 2.24. The molecule has 6 nitrogen and oxygen atoms in total. The Morgan fingerprint density at radius 2 is 1.89 bits per heavy atom. The predicted molar refractivity (Wildman–Crippen MR) is 71.4 cm³/mol. The second-order valence-corrected chi connectivity index (χ2v) is 3.83. The minimum absolute atomic E-state index is 0.0542. The molecule has 0 saturated carbocycles. The first-order valence-corrected chi connectivity index (χ1v) is 5.73. The number of urea groups is 1. The Bertz CT molecular complexity index is 420. The first-order valence-electron chi connectivity index (χ1n) is 5.73. The summed E-state index contributed by atoms with van der Waals surface area (Å²) in [4.78, 5) is 22.3. The van der Waals surface area contributed by atoms with Gasteiger partial charge in [0.25, 0.3) is 0 Å². The van der Waals surface area contributed by atoms with E-state index >= 15 is 0 Å². The third kappa shape index (κ3) is 5.31. The molecule has 0 aliphatic heterocycles. The normalized spacial score (nSPS) is 9.83. The fourth-order valence-corrected chi connectivity index (χ4v) is 1.47. The van der Waals surface area contributed by atoms with E-state index in [0.717, 1.165) is 13.0 Å². The van der Waals surface area contributed by atoms with Crippen LogP contribution in [-0.4, -0.2) is 25.5 Å². The van der Waals surface area contributed by atoms with E-state index in [9.17, 15) is 9.59 Å². The average Bonchev–Trinajstić information content (AvgIpc) is 2.28. The van der Waals surface area contributed by atoms with Gasteiger partial charge in [-0.2, -0.15) is 0 Å². The summed E-state index contributed by atoms with van der Waals surface area (Å²) < 4.78 is 0. The predicted octanol–water partition coefficient (Wildman–Crippen LogP) is 1.12. The molecule has 6 heteroatoms. The Kier molecular flexibility index (Phi) is 5.66. The van der Waals surface area contributed by atoms with Gasteiger partial charge in [0.15, 0.2) is 0 Å². The summed E-state index contributed by atoms with van der Waals surface area (Å²) in [6, 6.07) is 6.20. The van der Waals surface area contributed by atoms with Crippen molar-refractivity contribution in [3.63, 3.8) is 0 Å². The smallest absolute Gasteiger partial charge is 0.316 e. The monoisotopic (exact) mass is 250 g/mol. The van der Waals surface area contributed by atoms with Crippen LogP contribution in [-0.2, 0) is 4.79 Å². The highest BCUT2D eigenvalue weighted by molar-refractivity contribution is 5.93. The van der Waals surface area contributed by atoms with Crippen molar-refractivity contribution in [3.05, 3.63) is 24.3 Å². The van der Waals surface area contributed by atoms with E-state index in [1.54, 1.807) is 24.3 Å². The number of rotatable bonds is 6. The van der Waals surface area contributed by atoms with Crippen LogP contribution in [0, 0.1) is 0 Å². The van der Waals surface area contributed by atoms with Crippen molar-refractivity contribution >= 4 is 23.3 Å². The average molecular weight is 250 g/mol. The maximum absolute atomic E-state index is 11.6. The van der Waals surface area contributed by atoms with Crippen LogP contribution in [0.25, 0.3) is 0 Å². The largest absolute Gasteiger partial charge is 0.351 e. The van der Waals surface area contributed by atoms with Crippen molar-refractivity contribution in [1.29, 1.82) is 0 Å². The van der Waals surface area contributed by atoms with Gasteiger partial charge in [-0.25, -0.2) is 4.79 Å². The van der Waals surface area contributed by atoms with E-state index in [-0.39, 0.29) is 5.91 Å². The van der Waals surface area contributed by atoms with Gasteiger partial charge in [-0.15, -0.1) is 0 Å². The van der Waals surface area contributed by atoms with Crippen molar-refractivity contribution in [1.82, 2.24) is 5.32 Å². The maximum Gasteiger partial charge on any atom is 0.316 e. The number of nitrogens with one attached hydrogen (secondary N) is 3. The second kappa shape index (κ2) is 7.29. The van der Waals surface area contributed by atoms with Gasteiger partial charge in [0.2, 0.25) is 5.91 Å². The summed E-state index contributed by atoms with van der Waals surface area (Å²) in [7, 11) is 1.84. The summed E-state index contributed by atoms with van der Waals surface area (Å²) in [6.45, 7) is 0.802. The molecule has 3 amide bonds. The molecule has 0 bridgehead atoms. The minimum Gasteiger partial charge on any atom is -0.351 e. The van der Waals surface area contributed by atoms with E-state index < -0.39 is 6.03 Å². The Balaban J connectivity index is 2.51. The molecule has 0 aliphatic rings. The lowest BCUT2D eigenvalue weighted by molar-refractivity contribution is -0.116. The lowest BCUT2D eigenvalue weighted by Crippen LogP contribution is -2.19. The van der Waals surface area contributed by atoms with Crippen LogP contribution < -0.4 is 21.7 Å². The van der Waals surface area contributed by atoms with Gasteiger partial charge in [-0.1, -0.05) is 6.07 Å². The lowest BCUT2D eigenvalue weighted by Gasteiger charge is -2.07. The van der Waals surface area contributed by atoms with Crippen LogP contribution in [0.5, 0.6) is 0 Å². The van der Waals surface area contributed by atoms with Crippen molar-refractivity contribution in [2.45, 2.75) is 12.8 Å². The number of benzene rings is 1. The Hall–Kier alpha value is -2.08. The van der Waals surface area contributed by atoms with Gasteiger partial charge in [-0.05, 0) is 38.2 Å². The number of primary amides is 1. The van der Waals surface area contributed by atoms with E-state index in [4.69, 9.17) is 5.73 Å². The number of anilines is 2. The Morgan fingerprint density at radius 1 is 1.22 bits per heavy atom. The molecular weight excluding hydrogens is 232 g/mol. The van der Waals surface area contributed by atoms with Crippen LogP contribution in [0.1, 0.15) is 12.8 Å². The molecule has 1 aromatic carbocycles. The summed E-state index contributed by atoms with van der Waals surface area (Å²) in [6.07, 6.45) is 1.23. The van der Waals surface area contributed by atoms with E-state index in [1.807, 2.05) is 7.05 Å². The molecule has 0 aromatic heterocycles. The molecule has 0 spiro atoms. The van der Waals surface area contributed by atoms with Crippen LogP contribution in [0.3, 0.4) is 0 Å². The van der Waals surface area contributed by atoms with Crippen molar-refractivity contribution in [2.75, 3.05) is 24.2 Å². The summed E-state index contributed by atoms with van der Waals surface area (Å²) in [5.41, 5.74) is 6.20. The quantitative estimate of drug-likeness (QED) is 0.569. The number of carbonyl (C=O) groups is 2. The van der Waals surface area contributed by atoms with Gasteiger partial charge in [0.1, 0.15) is 0 Å². The maximum atomic E-state index is 11.6. The van der Waals surface area contributed by atoms with Crippen LogP contribution in [0.15, 0.2) is 24.3 Å². The molecule has 18 heavy (non-hydrogen) atoms. The number of hydrogen-bond acceptors (Lipinski definition) is 3. The zero-order valence-corrected chi connectivity index (χ0v) is 10.3. The Morgan fingerprint density at radius 3 is 2.50 bits per heavy atom. The van der Waals surface area contributed by atoms with Gasteiger partial charge >= 0.3 is 6.03 Å². The molecule has 0 saturated heterocycles. The van der Waals surface area contributed by atoms with Crippen LogP contribution in [0.4, 0.5) is 16.2 Å². The van der Waals surface area contributed by atoms with Gasteiger partial charge in [0, 0.05) is 17.8 Å². The van der Waals surface area contributed by atoms with E-state index in [2.05, 4.69) is 16.0 Å².